The van der Waals surface area contributed by atoms with Crippen molar-refractivity contribution in [3.63, 3.8) is 0 Å². The summed E-state index contributed by atoms with van der Waals surface area (Å²) >= 11 is 0. The summed E-state index contributed by atoms with van der Waals surface area (Å²) in [5, 5.41) is 13.9. The lowest BCUT2D eigenvalue weighted by Crippen LogP contribution is -2.48. The first-order valence-corrected chi connectivity index (χ1v) is 8.93. The molecule has 154 valence electrons. The van der Waals surface area contributed by atoms with Crippen molar-refractivity contribution in [1.29, 1.82) is 0 Å². The van der Waals surface area contributed by atoms with Crippen molar-refractivity contribution >= 4 is 11.7 Å². The van der Waals surface area contributed by atoms with Gasteiger partial charge in [-0.1, -0.05) is 0 Å². The van der Waals surface area contributed by atoms with E-state index in [9.17, 15) is 23.1 Å². The zero-order valence-electron chi connectivity index (χ0n) is 15.6. The van der Waals surface area contributed by atoms with Gasteiger partial charge >= 0.3 is 12.1 Å². The highest BCUT2D eigenvalue weighted by molar-refractivity contribution is 5.96. The van der Waals surface area contributed by atoms with Crippen LogP contribution in [0.25, 0.3) is 0 Å². The van der Waals surface area contributed by atoms with Crippen molar-refractivity contribution in [1.82, 2.24) is 9.78 Å². The maximum atomic E-state index is 13.0. The number of alkyl halides is 3. The van der Waals surface area contributed by atoms with Gasteiger partial charge in [-0.05, 0) is 39.0 Å². The molecule has 1 unspecified atom stereocenters. The molecule has 1 fully saturated rings. The van der Waals surface area contributed by atoms with Gasteiger partial charge in [0.15, 0.2) is 5.82 Å². The van der Waals surface area contributed by atoms with E-state index in [4.69, 9.17) is 10.5 Å². The zero-order valence-corrected chi connectivity index (χ0v) is 15.6. The van der Waals surface area contributed by atoms with Crippen molar-refractivity contribution in [3.05, 3.63) is 12.3 Å². The first kappa shape index (κ1) is 21.6. The second-order valence-corrected chi connectivity index (χ2v) is 7.65. The van der Waals surface area contributed by atoms with Crippen molar-refractivity contribution < 1.29 is 27.8 Å². The Balaban J connectivity index is 2.12. The molecule has 3 N–H and O–H groups in total. The molecular weight excluding hydrogens is 365 g/mol. The van der Waals surface area contributed by atoms with E-state index in [1.54, 1.807) is 13.8 Å². The number of aliphatic hydroxyl groups is 1. The van der Waals surface area contributed by atoms with Crippen molar-refractivity contribution in [3.8, 4) is 0 Å². The number of carbonyl (C=O) groups is 1. The maximum Gasteiger partial charge on any atom is 0.471 e. The molecule has 1 aromatic rings. The lowest BCUT2D eigenvalue weighted by molar-refractivity contribution is -0.170. The third kappa shape index (κ3) is 6.78. The van der Waals surface area contributed by atoms with E-state index in [2.05, 4.69) is 5.10 Å². The number of hydrogen-bond acceptors (Lipinski definition) is 5. The first-order chi connectivity index (χ1) is 12.5. The molecule has 1 aliphatic heterocycles. The SMILES string of the molecule is CC(C)(O)Cn1ccc(N(CC(N)CC2CCOCC2)C(=O)C(F)(F)F)n1. The second-order valence-electron chi connectivity index (χ2n) is 7.65. The standard InChI is InChI=1S/C17H27F3N4O3/c1-16(2,26)11-23-6-3-14(22-23)24(15(25)17(18,19)20)10-13(21)9-12-4-7-27-8-5-12/h3,6,12-13,26H,4-5,7-11,21H2,1-2H3. The monoisotopic (exact) mass is 392 g/mol. The molecule has 0 spiro atoms. The van der Waals surface area contributed by atoms with Crippen LogP contribution in [0.3, 0.4) is 0 Å². The predicted octanol–water partition coefficient (Wildman–Crippen LogP) is 1.69. The predicted molar refractivity (Wildman–Crippen MR) is 93.1 cm³/mol. The highest BCUT2D eigenvalue weighted by Gasteiger charge is 2.44. The summed E-state index contributed by atoms with van der Waals surface area (Å²) < 4.78 is 45.7. The molecule has 1 aliphatic rings. The van der Waals surface area contributed by atoms with Crippen LogP contribution in [0.2, 0.25) is 0 Å². The van der Waals surface area contributed by atoms with Gasteiger partial charge in [0, 0.05) is 38.1 Å². The minimum Gasteiger partial charge on any atom is -0.389 e. The summed E-state index contributed by atoms with van der Waals surface area (Å²) in [6.07, 6.45) is -1.48. The number of anilines is 1. The van der Waals surface area contributed by atoms with Crippen LogP contribution in [0.5, 0.6) is 0 Å². The van der Waals surface area contributed by atoms with E-state index >= 15 is 0 Å². The van der Waals surface area contributed by atoms with Crippen molar-refractivity contribution in [2.45, 2.75) is 57.5 Å². The molecule has 7 nitrogen and oxygen atoms in total. The van der Waals surface area contributed by atoms with Crippen LogP contribution >= 0.6 is 0 Å². The third-order valence-electron chi connectivity index (χ3n) is 4.33. The van der Waals surface area contributed by atoms with E-state index in [0.717, 1.165) is 12.8 Å². The molecule has 0 bridgehead atoms. The maximum absolute atomic E-state index is 13.0. The number of aromatic nitrogens is 2. The van der Waals surface area contributed by atoms with Crippen LogP contribution < -0.4 is 10.6 Å². The zero-order chi connectivity index (χ0) is 20.2. The summed E-state index contributed by atoms with van der Waals surface area (Å²) in [5.74, 6) is -1.87. The number of nitrogens with zero attached hydrogens (tertiary/aromatic N) is 3. The lowest BCUT2D eigenvalue weighted by atomic mass is 9.92. The summed E-state index contributed by atoms with van der Waals surface area (Å²) in [4.78, 5) is 12.5. The Kier molecular flexibility index (Phi) is 6.87. The Morgan fingerprint density at radius 1 is 1.44 bits per heavy atom. The van der Waals surface area contributed by atoms with Crippen LogP contribution in [0.1, 0.15) is 33.1 Å². The van der Waals surface area contributed by atoms with Gasteiger partial charge in [-0.15, -0.1) is 0 Å². The summed E-state index contributed by atoms with van der Waals surface area (Å²) in [5.41, 5.74) is 4.96. The minimum atomic E-state index is -5.03. The fourth-order valence-electron chi connectivity index (χ4n) is 3.13. The van der Waals surface area contributed by atoms with Gasteiger partial charge in [0.1, 0.15) is 0 Å². The van der Waals surface area contributed by atoms with Crippen molar-refractivity contribution in [2.24, 2.45) is 11.7 Å². The number of hydrogen-bond donors (Lipinski definition) is 2. The number of ether oxygens (including phenoxy) is 1. The van der Waals surface area contributed by atoms with Gasteiger partial charge in [0.25, 0.3) is 0 Å². The molecule has 27 heavy (non-hydrogen) atoms. The lowest BCUT2D eigenvalue weighted by Gasteiger charge is -2.28. The van der Waals surface area contributed by atoms with Gasteiger partial charge in [-0.3, -0.25) is 14.4 Å². The fraction of sp³-hybridized carbons (Fsp3) is 0.765. The second kappa shape index (κ2) is 8.57. The molecule has 0 aromatic carbocycles. The van der Waals surface area contributed by atoms with Gasteiger partial charge in [-0.25, -0.2) is 0 Å². The Labute approximate surface area is 156 Å². The Hall–Kier alpha value is -1.65. The molecular formula is C17H27F3N4O3. The van der Waals surface area contributed by atoms with Gasteiger partial charge in [0.05, 0.1) is 12.1 Å². The van der Waals surface area contributed by atoms with E-state index in [0.29, 0.717) is 24.5 Å². The molecule has 1 aromatic heterocycles. The van der Waals surface area contributed by atoms with Crippen LogP contribution in [0, 0.1) is 5.92 Å². The fourth-order valence-corrected chi connectivity index (χ4v) is 3.13. The minimum absolute atomic E-state index is 0.0785. The highest BCUT2D eigenvalue weighted by atomic mass is 19.4. The van der Waals surface area contributed by atoms with Crippen molar-refractivity contribution in [2.75, 3.05) is 24.7 Å². The molecule has 2 heterocycles. The third-order valence-corrected chi connectivity index (χ3v) is 4.33. The number of amides is 1. The molecule has 1 atom stereocenters. The summed E-state index contributed by atoms with van der Waals surface area (Å²) in [6.45, 7) is 4.13. The van der Waals surface area contributed by atoms with E-state index < -0.39 is 23.7 Å². The van der Waals surface area contributed by atoms with Crippen LogP contribution in [0.4, 0.5) is 19.0 Å². The normalized spacial score (nSPS) is 17.7. The quantitative estimate of drug-likeness (QED) is 0.737. The number of halogens is 3. The largest absolute Gasteiger partial charge is 0.471 e. The summed E-state index contributed by atoms with van der Waals surface area (Å²) in [6, 6.07) is 0.704. The number of rotatable bonds is 7. The van der Waals surface area contributed by atoms with Crippen LogP contribution in [0.15, 0.2) is 12.3 Å². The molecule has 1 saturated heterocycles. The molecule has 2 rings (SSSR count). The topological polar surface area (TPSA) is 93.6 Å². The molecule has 10 heteroatoms. The number of nitrogens with two attached hydrogens (primary N) is 1. The first-order valence-electron chi connectivity index (χ1n) is 8.93. The molecule has 1 amide bonds. The average molecular weight is 392 g/mol. The summed E-state index contributed by atoms with van der Waals surface area (Å²) in [7, 11) is 0. The van der Waals surface area contributed by atoms with E-state index in [1.165, 1.54) is 16.9 Å². The van der Waals surface area contributed by atoms with E-state index in [1.807, 2.05) is 0 Å². The van der Waals surface area contributed by atoms with Crippen LogP contribution in [-0.4, -0.2) is 58.4 Å². The smallest absolute Gasteiger partial charge is 0.389 e. The Morgan fingerprint density at radius 3 is 2.63 bits per heavy atom. The van der Waals surface area contributed by atoms with Crippen LogP contribution in [-0.2, 0) is 16.1 Å². The Bertz CT molecular complexity index is 622. The highest BCUT2D eigenvalue weighted by Crippen LogP contribution is 2.25. The van der Waals surface area contributed by atoms with Gasteiger partial charge < -0.3 is 15.6 Å². The molecule has 0 saturated carbocycles. The van der Waals surface area contributed by atoms with Gasteiger partial charge in [0.2, 0.25) is 0 Å². The Morgan fingerprint density at radius 2 is 2.07 bits per heavy atom. The molecule has 0 radical (unpaired) electrons. The van der Waals surface area contributed by atoms with Gasteiger partial charge in [-0.2, -0.15) is 18.3 Å². The number of carbonyl (C=O) groups excluding carboxylic acids is 1. The average Bonchev–Trinajstić information content (AvgIpc) is 2.98. The van der Waals surface area contributed by atoms with E-state index in [-0.39, 0.29) is 24.8 Å². The molecule has 0 aliphatic carbocycles.